The summed E-state index contributed by atoms with van der Waals surface area (Å²) in [6, 6.07) is 12.1. The van der Waals surface area contributed by atoms with Gasteiger partial charge in [0, 0.05) is 41.8 Å². The van der Waals surface area contributed by atoms with Crippen molar-refractivity contribution in [3.63, 3.8) is 0 Å². The van der Waals surface area contributed by atoms with E-state index in [9.17, 15) is 14.4 Å². The Bertz CT molecular complexity index is 1170. The maximum Gasteiger partial charge on any atom is 0.292 e. The van der Waals surface area contributed by atoms with Gasteiger partial charge in [0.2, 0.25) is 5.91 Å². The van der Waals surface area contributed by atoms with E-state index in [0.29, 0.717) is 41.3 Å². The Morgan fingerprint density at radius 2 is 1.87 bits per heavy atom. The molecule has 0 aliphatic carbocycles. The van der Waals surface area contributed by atoms with Gasteiger partial charge in [-0.2, -0.15) is 0 Å². The molecule has 8 nitrogen and oxygen atoms in total. The Hall–Kier alpha value is -3.81. The Kier molecular flexibility index (Phi) is 4.39. The molecule has 1 aromatic heterocycles. The molecule has 2 aliphatic heterocycles. The fraction of sp³-hybridized carbons (Fsp3) is 0.227. The minimum absolute atomic E-state index is 0.126. The number of ether oxygens (including phenoxy) is 2. The van der Waals surface area contributed by atoms with Crippen LogP contribution in [0.3, 0.4) is 0 Å². The topological polar surface area (TPSA) is 101 Å². The molecular formula is C22H19N3O5. The first kappa shape index (κ1) is 18.2. The number of hydrogen-bond donors (Lipinski definition) is 2. The van der Waals surface area contributed by atoms with Crippen molar-refractivity contribution in [2.45, 2.75) is 12.5 Å². The number of nitrogens with zero attached hydrogens (tertiary/aromatic N) is 1. The molecule has 0 bridgehead atoms. The standard InChI is InChI=1S/C22H19N3O5/c26-20-9-13(12-25(20)14-5-6-18-19(10-14)30-8-7-29-18)24-22(28)21(27)16-11-23-17-4-2-1-3-15(16)17/h1-6,10-11,13,23H,7-9,12H2,(H,24,28)/t13-/m1/s1. The number of rotatable bonds is 4. The number of hydrogen-bond acceptors (Lipinski definition) is 5. The van der Waals surface area contributed by atoms with Crippen molar-refractivity contribution in [3.05, 3.63) is 54.2 Å². The molecule has 0 spiro atoms. The molecule has 1 fully saturated rings. The Balaban J connectivity index is 1.29. The molecule has 2 N–H and O–H groups in total. The third-order valence-corrected chi connectivity index (χ3v) is 5.34. The fourth-order valence-electron chi connectivity index (χ4n) is 3.89. The monoisotopic (exact) mass is 405 g/mol. The first-order valence-electron chi connectivity index (χ1n) is 9.71. The number of ketones is 1. The average molecular weight is 405 g/mol. The summed E-state index contributed by atoms with van der Waals surface area (Å²) >= 11 is 0. The van der Waals surface area contributed by atoms with Crippen LogP contribution >= 0.6 is 0 Å². The van der Waals surface area contributed by atoms with Crippen molar-refractivity contribution in [1.82, 2.24) is 10.3 Å². The molecule has 30 heavy (non-hydrogen) atoms. The van der Waals surface area contributed by atoms with Crippen LogP contribution in [0.5, 0.6) is 11.5 Å². The summed E-state index contributed by atoms with van der Waals surface area (Å²) in [6.45, 7) is 1.23. The van der Waals surface area contributed by atoms with Crippen molar-refractivity contribution in [1.29, 1.82) is 0 Å². The lowest BCUT2D eigenvalue weighted by molar-refractivity contribution is -0.118. The number of H-pyrrole nitrogens is 1. The number of anilines is 1. The van der Waals surface area contributed by atoms with Crippen LogP contribution in [0.15, 0.2) is 48.7 Å². The lowest BCUT2D eigenvalue weighted by Crippen LogP contribution is -2.40. The highest BCUT2D eigenvalue weighted by Crippen LogP contribution is 2.35. The zero-order valence-corrected chi connectivity index (χ0v) is 16.0. The number of carbonyl (C=O) groups is 3. The fourth-order valence-corrected chi connectivity index (χ4v) is 3.89. The number of nitrogens with one attached hydrogen (secondary N) is 2. The van der Waals surface area contributed by atoms with Crippen LogP contribution in [0.2, 0.25) is 0 Å². The number of benzene rings is 2. The van der Waals surface area contributed by atoms with E-state index in [1.165, 1.54) is 6.20 Å². The number of Topliss-reactive ketones (excluding diaryl/α,β-unsaturated/α-hetero) is 1. The van der Waals surface area contributed by atoms with Gasteiger partial charge in [0.15, 0.2) is 11.5 Å². The molecule has 1 saturated heterocycles. The van der Waals surface area contributed by atoms with Gasteiger partial charge in [-0.05, 0) is 18.2 Å². The van der Waals surface area contributed by atoms with E-state index in [2.05, 4.69) is 10.3 Å². The van der Waals surface area contributed by atoms with Gasteiger partial charge in [-0.25, -0.2) is 0 Å². The first-order valence-corrected chi connectivity index (χ1v) is 9.71. The second kappa shape index (κ2) is 7.22. The van der Waals surface area contributed by atoms with Crippen molar-refractivity contribution in [2.75, 3.05) is 24.7 Å². The maximum absolute atomic E-state index is 12.6. The molecule has 0 saturated carbocycles. The van der Waals surface area contributed by atoms with E-state index in [1.54, 1.807) is 29.2 Å². The highest BCUT2D eigenvalue weighted by Gasteiger charge is 2.34. The van der Waals surface area contributed by atoms with E-state index < -0.39 is 17.7 Å². The Labute approximate surface area is 171 Å². The zero-order valence-electron chi connectivity index (χ0n) is 16.0. The minimum Gasteiger partial charge on any atom is -0.486 e. The molecule has 3 aromatic rings. The minimum atomic E-state index is -0.721. The van der Waals surface area contributed by atoms with Gasteiger partial charge in [0.25, 0.3) is 11.7 Å². The van der Waals surface area contributed by atoms with Gasteiger partial charge < -0.3 is 24.7 Å². The van der Waals surface area contributed by atoms with E-state index >= 15 is 0 Å². The molecule has 2 aliphatic rings. The van der Waals surface area contributed by atoms with Gasteiger partial charge in [0.1, 0.15) is 13.2 Å². The quantitative estimate of drug-likeness (QED) is 0.511. The third kappa shape index (κ3) is 3.16. The summed E-state index contributed by atoms with van der Waals surface area (Å²) < 4.78 is 11.1. The van der Waals surface area contributed by atoms with Gasteiger partial charge in [-0.3, -0.25) is 14.4 Å². The highest BCUT2D eigenvalue weighted by atomic mass is 16.6. The van der Waals surface area contributed by atoms with Crippen LogP contribution in [0, 0.1) is 0 Å². The van der Waals surface area contributed by atoms with Gasteiger partial charge in [-0.15, -0.1) is 0 Å². The highest BCUT2D eigenvalue weighted by molar-refractivity contribution is 6.45. The van der Waals surface area contributed by atoms with E-state index in [0.717, 1.165) is 5.52 Å². The van der Waals surface area contributed by atoms with Gasteiger partial charge >= 0.3 is 0 Å². The first-order chi connectivity index (χ1) is 14.6. The van der Waals surface area contributed by atoms with Gasteiger partial charge in [0.05, 0.1) is 11.6 Å². The summed E-state index contributed by atoms with van der Waals surface area (Å²) in [6.07, 6.45) is 1.66. The summed E-state index contributed by atoms with van der Waals surface area (Å²) in [5.41, 5.74) is 1.77. The largest absolute Gasteiger partial charge is 0.486 e. The predicted molar refractivity (Wildman–Crippen MR) is 109 cm³/mol. The Morgan fingerprint density at radius 3 is 2.73 bits per heavy atom. The predicted octanol–water partition coefficient (Wildman–Crippen LogP) is 2.04. The number of amides is 2. The number of para-hydroxylation sites is 1. The zero-order chi connectivity index (χ0) is 20.7. The number of aromatic nitrogens is 1. The third-order valence-electron chi connectivity index (χ3n) is 5.34. The number of fused-ring (bicyclic) bond motifs is 2. The molecule has 0 radical (unpaired) electrons. The molecule has 8 heteroatoms. The molecular weight excluding hydrogens is 386 g/mol. The lowest BCUT2D eigenvalue weighted by Gasteiger charge is -2.22. The van der Waals surface area contributed by atoms with E-state index in [-0.39, 0.29) is 18.9 Å². The van der Waals surface area contributed by atoms with Crippen molar-refractivity contribution < 1.29 is 23.9 Å². The summed E-state index contributed by atoms with van der Waals surface area (Å²) in [5.74, 6) is -0.241. The van der Waals surface area contributed by atoms with Crippen molar-refractivity contribution in [3.8, 4) is 11.5 Å². The molecule has 2 aromatic carbocycles. The molecule has 2 amide bonds. The summed E-state index contributed by atoms with van der Waals surface area (Å²) in [5, 5.41) is 3.40. The van der Waals surface area contributed by atoms with Crippen LogP contribution in [-0.2, 0) is 9.59 Å². The molecule has 1 atom stereocenters. The van der Waals surface area contributed by atoms with E-state index in [1.807, 2.05) is 18.2 Å². The molecule has 5 rings (SSSR count). The molecule has 3 heterocycles. The van der Waals surface area contributed by atoms with Crippen molar-refractivity contribution >= 4 is 34.2 Å². The molecule has 152 valence electrons. The van der Waals surface area contributed by atoms with Crippen LogP contribution in [0.4, 0.5) is 5.69 Å². The number of carbonyl (C=O) groups excluding carboxylic acids is 3. The Morgan fingerprint density at radius 1 is 1.07 bits per heavy atom. The van der Waals surface area contributed by atoms with Crippen LogP contribution < -0.4 is 19.7 Å². The maximum atomic E-state index is 12.6. The van der Waals surface area contributed by atoms with Crippen LogP contribution in [-0.4, -0.2) is 48.4 Å². The smallest absolute Gasteiger partial charge is 0.292 e. The number of aromatic amines is 1. The van der Waals surface area contributed by atoms with Crippen LogP contribution in [0.25, 0.3) is 10.9 Å². The lowest BCUT2D eigenvalue weighted by atomic mass is 10.1. The normalized spacial score (nSPS) is 17.9. The second-order valence-corrected chi connectivity index (χ2v) is 7.28. The summed E-state index contributed by atoms with van der Waals surface area (Å²) in [4.78, 5) is 42.3. The average Bonchev–Trinajstić information content (AvgIpc) is 3.36. The summed E-state index contributed by atoms with van der Waals surface area (Å²) in [7, 11) is 0. The van der Waals surface area contributed by atoms with Crippen LogP contribution in [0.1, 0.15) is 16.8 Å². The van der Waals surface area contributed by atoms with E-state index in [4.69, 9.17) is 9.47 Å². The second-order valence-electron chi connectivity index (χ2n) is 7.28. The molecule has 0 unspecified atom stereocenters. The SMILES string of the molecule is O=C(N[C@@H]1CC(=O)N(c2ccc3c(c2)OCCO3)C1)C(=O)c1c[nH]c2ccccc12. The van der Waals surface area contributed by atoms with Gasteiger partial charge in [-0.1, -0.05) is 18.2 Å². The van der Waals surface area contributed by atoms with Crippen molar-refractivity contribution in [2.24, 2.45) is 0 Å².